The average molecular weight is 270 g/mol. The average Bonchev–Trinajstić information content (AvgIpc) is 2.32. The first kappa shape index (κ1) is 15.3. The van der Waals surface area contributed by atoms with Crippen LogP contribution in [0.1, 0.15) is 31.4 Å². The van der Waals surface area contributed by atoms with Crippen molar-refractivity contribution in [2.75, 3.05) is 26.2 Å². The first-order chi connectivity index (χ1) is 8.58. The van der Waals surface area contributed by atoms with Gasteiger partial charge >= 0.3 is 0 Å². The predicted molar refractivity (Wildman–Crippen MR) is 78.8 cm³/mol. The van der Waals surface area contributed by atoms with Crippen molar-refractivity contribution in [3.8, 4) is 5.75 Å². The largest absolute Gasteiger partial charge is 0.493 e. The minimum Gasteiger partial charge on any atom is -0.493 e. The van der Waals surface area contributed by atoms with E-state index < -0.39 is 0 Å². The zero-order chi connectivity index (χ0) is 13.5. The fourth-order valence-corrected chi connectivity index (χ4v) is 2.45. The molecule has 0 saturated heterocycles. The molecule has 3 heteroatoms. The van der Waals surface area contributed by atoms with Crippen LogP contribution in [-0.4, -0.2) is 31.1 Å². The molecule has 0 aliphatic heterocycles. The maximum atomic E-state index is 6.00. The third kappa shape index (κ3) is 4.51. The van der Waals surface area contributed by atoms with Crippen LogP contribution in [0.25, 0.3) is 0 Å². The Hall–Kier alpha value is -0.730. The molecular formula is C15H24ClNO. The van der Waals surface area contributed by atoms with E-state index in [0.717, 1.165) is 54.6 Å². The van der Waals surface area contributed by atoms with Crippen molar-refractivity contribution in [1.29, 1.82) is 0 Å². The lowest BCUT2D eigenvalue weighted by molar-refractivity contribution is 0.247. The lowest BCUT2D eigenvalue weighted by Gasteiger charge is -2.18. The van der Waals surface area contributed by atoms with Crippen LogP contribution in [0.5, 0.6) is 5.75 Å². The van der Waals surface area contributed by atoms with E-state index in [-0.39, 0.29) is 0 Å². The van der Waals surface area contributed by atoms with Crippen LogP contribution < -0.4 is 4.74 Å². The number of hydrogen-bond donors (Lipinski definition) is 0. The third-order valence-corrected chi connectivity index (χ3v) is 3.40. The van der Waals surface area contributed by atoms with E-state index in [4.69, 9.17) is 16.3 Å². The van der Waals surface area contributed by atoms with Crippen molar-refractivity contribution in [2.45, 2.75) is 34.1 Å². The van der Waals surface area contributed by atoms with E-state index in [9.17, 15) is 0 Å². The maximum absolute atomic E-state index is 6.00. The maximum Gasteiger partial charge on any atom is 0.125 e. The second-order valence-corrected chi connectivity index (χ2v) is 5.03. The summed E-state index contributed by atoms with van der Waals surface area (Å²) in [5.41, 5.74) is 2.23. The molecule has 0 aliphatic rings. The van der Waals surface area contributed by atoms with Gasteiger partial charge < -0.3 is 9.64 Å². The quantitative estimate of drug-likeness (QED) is 0.692. The summed E-state index contributed by atoms with van der Waals surface area (Å²) in [6.07, 6.45) is 1.06. The molecule has 0 bridgehead atoms. The summed E-state index contributed by atoms with van der Waals surface area (Å²) >= 11 is 6.00. The number of nitrogens with zero attached hydrogens (tertiary/aromatic N) is 1. The van der Waals surface area contributed by atoms with Crippen LogP contribution in [0.3, 0.4) is 0 Å². The molecule has 0 aromatic heterocycles. The van der Waals surface area contributed by atoms with Crippen LogP contribution in [0.15, 0.2) is 12.1 Å². The van der Waals surface area contributed by atoms with E-state index in [1.54, 1.807) is 0 Å². The topological polar surface area (TPSA) is 12.5 Å². The number of aryl methyl sites for hydroxylation is 2. The molecule has 0 amide bonds. The van der Waals surface area contributed by atoms with Gasteiger partial charge in [0.15, 0.2) is 0 Å². The SMILES string of the molecule is CCN(CC)CCCOc1c(C)cc(Cl)cc1C. The Kier molecular flexibility index (Phi) is 6.51. The molecule has 0 unspecified atom stereocenters. The minimum atomic E-state index is 0.764. The Morgan fingerprint density at radius 3 is 2.17 bits per heavy atom. The van der Waals surface area contributed by atoms with Gasteiger partial charge in [0.1, 0.15) is 5.75 Å². The van der Waals surface area contributed by atoms with Crippen molar-refractivity contribution in [3.63, 3.8) is 0 Å². The van der Waals surface area contributed by atoms with Crippen LogP contribution in [0.2, 0.25) is 5.02 Å². The van der Waals surface area contributed by atoms with Gasteiger partial charge in [-0.3, -0.25) is 0 Å². The van der Waals surface area contributed by atoms with E-state index in [2.05, 4.69) is 18.7 Å². The number of benzene rings is 1. The van der Waals surface area contributed by atoms with E-state index in [0.29, 0.717) is 0 Å². The summed E-state index contributed by atoms with van der Waals surface area (Å²) in [6.45, 7) is 12.5. The fraction of sp³-hybridized carbons (Fsp3) is 0.600. The monoisotopic (exact) mass is 269 g/mol. The molecule has 0 heterocycles. The summed E-state index contributed by atoms with van der Waals surface area (Å²) in [7, 11) is 0. The van der Waals surface area contributed by atoms with Gasteiger partial charge in [-0.2, -0.15) is 0 Å². The van der Waals surface area contributed by atoms with Crippen LogP contribution in [0.4, 0.5) is 0 Å². The van der Waals surface area contributed by atoms with Gasteiger partial charge in [-0.1, -0.05) is 25.4 Å². The Morgan fingerprint density at radius 1 is 1.11 bits per heavy atom. The lowest BCUT2D eigenvalue weighted by Crippen LogP contribution is -2.25. The van der Waals surface area contributed by atoms with Crippen molar-refractivity contribution < 1.29 is 4.74 Å². The van der Waals surface area contributed by atoms with Gasteiger partial charge in [-0.05, 0) is 56.6 Å². The van der Waals surface area contributed by atoms with E-state index >= 15 is 0 Å². The second kappa shape index (κ2) is 7.65. The van der Waals surface area contributed by atoms with Gasteiger partial charge in [0.2, 0.25) is 0 Å². The number of rotatable bonds is 7. The molecular weight excluding hydrogens is 246 g/mol. The molecule has 102 valence electrons. The van der Waals surface area contributed by atoms with Crippen molar-refractivity contribution in [3.05, 3.63) is 28.3 Å². The van der Waals surface area contributed by atoms with Gasteiger partial charge in [-0.25, -0.2) is 0 Å². The second-order valence-electron chi connectivity index (χ2n) is 4.60. The first-order valence-corrected chi connectivity index (χ1v) is 7.08. The van der Waals surface area contributed by atoms with Gasteiger partial charge in [0, 0.05) is 11.6 Å². The highest BCUT2D eigenvalue weighted by molar-refractivity contribution is 6.30. The number of hydrogen-bond acceptors (Lipinski definition) is 2. The summed E-state index contributed by atoms with van der Waals surface area (Å²) in [5.74, 6) is 0.985. The summed E-state index contributed by atoms with van der Waals surface area (Å²) in [4.78, 5) is 2.41. The molecule has 0 radical (unpaired) electrons. The number of halogens is 1. The Bertz CT molecular complexity index is 352. The molecule has 0 fully saturated rings. The Labute approximate surface area is 116 Å². The molecule has 1 aromatic carbocycles. The van der Waals surface area contributed by atoms with E-state index in [1.807, 2.05) is 26.0 Å². The highest BCUT2D eigenvalue weighted by Gasteiger charge is 2.06. The highest BCUT2D eigenvalue weighted by atomic mass is 35.5. The molecule has 1 aromatic rings. The normalized spacial score (nSPS) is 11.0. The van der Waals surface area contributed by atoms with Gasteiger partial charge in [0.25, 0.3) is 0 Å². The van der Waals surface area contributed by atoms with Crippen LogP contribution in [0, 0.1) is 13.8 Å². The number of ether oxygens (including phenoxy) is 1. The molecule has 0 N–H and O–H groups in total. The third-order valence-electron chi connectivity index (χ3n) is 3.18. The molecule has 0 saturated carbocycles. The van der Waals surface area contributed by atoms with Crippen LogP contribution >= 0.6 is 11.6 Å². The summed E-state index contributed by atoms with van der Waals surface area (Å²) in [5, 5.41) is 0.778. The predicted octanol–water partition coefficient (Wildman–Crippen LogP) is 4.07. The zero-order valence-electron chi connectivity index (χ0n) is 11.9. The van der Waals surface area contributed by atoms with E-state index in [1.165, 1.54) is 0 Å². The fourth-order valence-electron chi connectivity index (χ4n) is 2.13. The van der Waals surface area contributed by atoms with Crippen molar-refractivity contribution in [2.24, 2.45) is 0 Å². The highest BCUT2D eigenvalue weighted by Crippen LogP contribution is 2.27. The minimum absolute atomic E-state index is 0.764. The Morgan fingerprint density at radius 2 is 1.67 bits per heavy atom. The standard InChI is InChI=1S/C15H24ClNO/c1-5-17(6-2)8-7-9-18-15-12(3)10-14(16)11-13(15)4/h10-11H,5-9H2,1-4H3. The van der Waals surface area contributed by atoms with Crippen molar-refractivity contribution in [1.82, 2.24) is 4.90 Å². The lowest BCUT2D eigenvalue weighted by atomic mass is 10.1. The van der Waals surface area contributed by atoms with Gasteiger partial charge in [-0.15, -0.1) is 0 Å². The first-order valence-electron chi connectivity index (χ1n) is 6.70. The molecule has 0 spiro atoms. The molecule has 2 nitrogen and oxygen atoms in total. The summed E-state index contributed by atoms with van der Waals surface area (Å²) < 4.78 is 5.88. The Balaban J connectivity index is 2.44. The molecule has 0 atom stereocenters. The van der Waals surface area contributed by atoms with Gasteiger partial charge in [0.05, 0.1) is 6.61 Å². The molecule has 0 aliphatic carbocycles. The van der Waals surface area contributed by atoms with Crippen LogP contribution in [-0.2, 0) is 0 Å². The molecule has 18 heavy (non-hydrogen) atoms. The smallest absolute Gasteiger partial charge is 0.125 e. The van der Waals surface area contributed by atoms with Crippen molar-refractivity contribution >= 4 is 11.6 Å². The zero-order valence-corrected chi connectivity index (χ0v) is 12.7. The molecule has 1 rings (SSSR count). The summed E-state index contributed by atoms with van der Waals surface area (Å²) in [6, 6.07) is 3.91.